The van der Waals surface area contributed by atoms with Crippen LogP contribution in [0.3, 0.4) is 0 Å². The van der Waals surface area contributed by atoms with Gasteiger partial charge in [-0.3, -0.25) is 4.90 Å². The van der Waals surface area contributed by atoms with E-state index < -0.39 is 6.04 Å². The molecule has 0 saturated heterocycles. The van der Waals surface area contributed by atoms with Gasteiger partial charge in [0.15, 0.2) is 0 Å². The molecule has 4 nitrogen and oxygen atoms in total. The van der Waals surface area contributed by atoms with Gasteiger partial charge in [0, 0.05) is 5.56 Å². The number of esters is 1. The predicted molar refractivity (Wildman–Crippen MR) is 75.5 cm³/mol. The molecule has 0 aliphatic heterocycles. The third-order valence-electron chi connectivity index (χ3n) is 3.17. The summed E-state index contributed by atoms with van der Waals surface area (Å²) in [6, 6.07) is 3.50. The van der Waals surface area contributed by atoms with Crippen LogP contribution in [0.4, 0.5) is 0 Å². The van der Waals surface area contributed by atoms with Gasteiger partial charge in [-0.1, -0.05) is 0 Å². The third-order valence-corrected chi connectivity index (χ3v) is 3.17. The number of rotatable bonds is 5. The van der Waals surface area contributed by atoms with Crippen molar-refractivity contribution in [3.8, 4) is 5.75 Å². The average molecular weight is 265 g/mol. The fourth-order valence-corrected chi connectivity index (χ4v) is 2.04. The van der Waals surface area contributed by atoms with Gasteiger partial charge < -0.3 is 9.47 Å². The number of hydrogen-bond donors (Lipinski definition) is 0. The number of methoxy groups -OCH3 is 1. The van der Waals surface area contributed by atoms with Crippen molar-refractivity contribution in [3.63, 3.8) is 0 Å². The Morgan fingerprint density at radius 3 is 2.32 bits per heavy atom. The highest BCUT2D eigenvalue weighted by molar-refractivity contribution is 5.79. The van der Waals surface area contributed by atoms with Crippen molar-refractivity contribution in [2.45, 2.75) is 26.8 Å². The summed E-state index contributed by atoms with van der Waals surface area (Å²) >= 11 is 0. The summed E-state index contributed by atoms with van der Waals surface area (Å²) in [6.07, 6.45) is 0. The number of benzene rings is 1. The molecule has 0 N–H and O–H groups in total. The van der Waals surface area contributed by atoms with E-state index in [1.54, 1.807) is 7.11 Å². The van der Waals surface area contributed by atoms with E-state index in [-0.39, 0.29) is 5.97 Å². The van der Waals surface area contributed by atoms with Crippen LogP contribution >= 0.6 is 0 Å². The molecule has 1 unspecified atom stereocenters. The van der Waals surface area contributed by atoms with Crippen LogP contribution in [0.1, 0.15) is 29.7 Å². The van der Waals surface area contributed by atoms with Crippen LogP contribution in [0.25, 0.3) is 0 Å². The van der Waals surface area contributed by atoms with Crippen molar-refractivity contribution in [2.75, 3.05) is 27.8 Å². The molecule has 1 aromatic rings. The first-order valence-electron chi connectivity index (χ1n) is 6.40. The summed E-state index contributed by atoms with van der Waals surface area (Å²) in [5.41, 5.74) is 3.11. The average Bonchev–Trinajstić information content (AvgIpc) is 2.33. The molecule has 1 atom stereocenters. The SMILES string of the molecule is CCOC(=O)C(c1cc(C)c(C)cc1OC)N(C)C. The summed E-state index contributed by atoms with van der Waals surface area (Å²) in [5.74, 6) is 0.462. The molecule has 0 saturated carbocycles. The molecular weight excluding hydrogens is 242 g/mol. The van der Waals surface area contributed by atoms with Gasteiger partial charge in [0.05, 0.1) is 13.7 Å². The topological polar surface area (TPSA) is 38.8 Å². The van der Waals surface area contributed by atoms with Gasteiger partial charge >= 0.3 is 5.97 Å². The number of likely N-dealkylation sites (N-methyl/N-ethyl adjacent to an activating group) is 1. The van der Waals surface area contributed by atoms with E-state index in [9.17, 15) is 4.79 Å². The zero-order valence-electron chi connectivity index (χ0n) is 12.6. The summed E-state index contributed by atoms with van der Waals surface area (Å²) < 4.78 is 10.6. The highest BCUT2D eigenvalue weighted by Crippen LogP contribution is 2.31. The molecule has 1 rings (SSSR count). The molecule has 0 fully saturated rings. The van der Waals surface area contributed by atoms with Gasteiger partial charge in [-0.15, -0.1) is 0 Å². The summed E-state index contributed by atoms with van der Waals surface area (Å²) in [4.78, 5) is 14.0. The molecule has 1 aromatic carbocycles. The van der Waals surface area contributed by atoms with Gasteiger partial charge in [0.1, 0.15) is 11.8 Å². The molecule has 4 heteroatoms. The van der Waals surface area contributed by atoms with E-state index in [2.05, 4.69) is 0 Å². The number of aryl methyl sites for hydroxylation is 2. The lowest BCUT2D eigenvalue weighted by molar-refractivity contribution is -0.148. The van der Waals surface area contributed by atoms with Gasteiger partial charge in [-0.2, -0.15) is 0 Å². The lowest BCUT2D eigenvalue weighted by Crippen LogP contribution is -2.29. The first-order valence-corrected chi connectivity index (χ1v) is 6.40. The molecule has 0 aromatic heterocycles. The van der Waals surface area contributed by atoms with E-state index in [1.165, 1.54) is 0 Å². The fraction of sp³-hybridized carbons (Fsp3) is 0.533. The first kappa shape index (κ1) is 15.5. The van der Waals surface area contributed by atoms with Crippen LogP contribution in [-0.4, -0.2) is 38.7 Å². The van der Waals surface area contributed by atoms with Crippen molar-refractivity contribution in [1.82, 2.24) is 4.90 Å². The molecule has 0 amide bonds. The molecule has 0 bridgehead atoms. The number of ether oxygens (including phenoxy) is 2. The first-order chi connectivity index (χ1) is 8.92. The Hall–Kier alpha value is -1.55. The monoisotopic (exact) mass is 265 g/mol. The van der Waals surface area contributed by atoms with E-state index in [4.69, 9.17) is 9.47 Å². The molecule has 19 heavy (non-hydrogen) atoms. The Bertz CT molecular complexity index is 455. The fourth-order valence-electron chi connectivity index (χ4n) is 2.04. The van der Waals surface area contributed by atoms with Crippen molar-refractivity contribution < 1.29 is 14.3 Å². The van der Waals surface area contributed by atoms with Crippen LogP contribution in [0.15, 0.2) is 12.1 Å². The molecule has 0 aliphatic rings. The second-order valence-electron chi connectivity index (χ2n) is 4.80. The normalized spacial score (nSPS) is 12.4. The summed E-state index contributed by atoms with van der Waals surface area (Å²) in [5, 5.41) is 0. The standard InChI is InChI=1S/C15H23NO3/c1-7-19-15(17)14(16(4)5)12-8-10(2)11(3)9-13(12)18-6/h8-9,14H,7H2,1-6H3. The van der Waals surface area contributed by atoms with Crippen LogP contribution in [0.2, 0.25) is 0 Å². The van der Waals surface area contributed by atoms with Crippen LogP contribution in [-0.2, 0) is 9.53 Å². The third kappa shape index (κ3) is 3.47. The maximum atomic E-state index is 12.1. The van der Waals surface area contributed by atoms with Crippen LogP contribution in [0.5, 0.6) is 5.75 Å². The van der Waals surface area contributed by atoms with E-state index in [1.807, 2.05) is 51.9 Å². The Labute approximate surface area is 115 Å². The quantitative estimate of drug-likeness (QED) is 0.767. The smallest absolute Gasteiger partial charge is 0.328 e. The Kier molecular flexibility index (Phi) is 5.36. The molecule has 0 heterocycles. The maximum absolute atomic E-state index is 12.1. The van der Waals surface area contributed by atoms with Gasteiger partial charge in [0.2, 0.25) is 0 Å². The van der Waals surface area contributed by atoms with Gasteiger partial charge in [0.25, 0.3) is 0 Å². The lowest BCUT2D eigenvalue weighted by Gasteiger charge is -2.25. The highest BCUT2D eigenvalue weighted by atomic mass is 16.5. The van der Waals surface area contributed by atoms with Crippen molar-refractivity contribution in [1.29, 1.82) is 0 Å². The summed E-state index contributed by atoms with van der Waals surface area (Å²) in [7, 11) is 5.33. The van der Waals surface area contributed by atoms with Crippen LogP contribution in [0, 0.1) is 13.8 Å². The van der Waals surface area contributed by atoms with Gasteiger partial charge in [-0.25, -0.2) is 4.79 Å². The van der Waals surface area contributed by atoms with E-state index >= 15 is 0 Å². The largest absolute Gasteiger partial charge is 0.496 e. The molecular formula is C15H23NO3. The minimum Gasteiger partial charge on any atom is -0.496 e. The Morgan fingerprint density at radius 2 is 1.84 bits per heavy atom. The Morgan fingerprint density at radius 1 is 1.26 bits per heavy atom. The number of nitrogens with zero attached hydrogens (tertiary/aromatic N) is 1. The minimum atomic E-state index is -0.450. The van der Waals surface area contributed by atoms with Gasteiger partial charge in [-0.05, 0) is 58.1 Å². The number of carbonyl (C=O) groups excluding carboxylic acids is 1. The highest BCUT2D eigenvalue weighted by Gasteiger charge is 2.27. The van der Waals surface area contributed by atoms with Crippen molar-refractivity contribution >= 4 is 5.97 Å². The second kappa shape index (κ2) is 6.57. The molecule has 0 aliphatic carbocycles. The second-order valence-corrected chi connectivity index (χ2v) is 4.80. The van der Waals surface area contributed by atoms with Crippen molar-refractivity contribution in [3.05, 3.63) is 28.8 Å². The number of carbonyl (C=O) groups is 1. The van der Waals surface area contributed by atoms with E-state index in [0.29, 0.717) is 6.61 Å². The van der Waals surface area contributed by atoms with Crippen LogP contribution < -0.4 is 4.74 Å². The Balaban J connectivity index is 3.29. The molecule has 106 valence electrons. The van der Waals surface area contributed by atoms with Crippen molar-refractivity contribution in [2.24, 2.45) is 0 Å². The summed E-state index contributed by atoms with van der Waals surface area (Å²) in [6.45, 7) is 6.23. The molecule has 0 spiro atoms. The number of hydrogen-bond acceptors (Lipinski definition) is 4. The minimum absolute atomic E-state index is 0.256. The maximum Gasteiger partial charge on any atom is 0.328 e. The van der Waals surface area contributed by atoms with E-state index in [0.717, 1.165) is 22.4 Å². The molecule has 0 radical (unpaired) electrons. The lowest BCUT2D eigenvalue weighted by atomic mass is 9.99. The predicted octanol–water partition coefficient (Wildman–Crippen LogP) is 2.48. The zero-order valence-corrected chi connectivity index (χ0v) is 12.6. The zero-order chi connectivity index (χ0) is 14.6.